The molecule has 0 aliphatic heterocycles. The van der Waals surface area contributed by atoms with Gasteiger partial charge in [0, 0.05) is 5.54 Å². The van der Waals surface area contributed by atoms with Gasteiger partial charge in [0.1, 0.15) is 0 Å². The number of nitrogens with two attached hydrogens (primary N) is 1. The quantitative estimate of drug-likeness (QED) is 0.585. The maximum absolute atomic E-state index is 9.47. The Kier molecular flexibility index (Phi) is 7.77. The Labute approximate surface area is 148 Å². The van der Waals surface area contributed by atoms with Gasteiger partial charge in [-0.25, -0.2) is 0 Å². The zero-order chi connectivity index (χ0) is 17.4. The molecule has 0 unspecified atom stereocenters. The van der Waals surface area contributed by atoms with Gasteiger partial charge in [0.05, 0.1) is 6.61 Å². The van der Waals surface area contributed by atoms with Gasteiger partial charge in [0.25, 0.3) is 0 Å². The van der Waals surface area contributed by atoms with Crippen molar-refractivity contribution in [2.75, 3.05) is 6.61 Å². The smallest absolute Gasteiger partial charge is 0.0608 e. The molecule has 1 aliphatic carbocycles. The third kappa shape index (κ3) is 5.89. The van der Waals surface area contributed by atoms with Gasteiger partial charge in [-0.05, 0) is 68.1 Å². The topological polar surface area (TPSA) is 46.2 Å². The molecule has 1 aromatic rings. The summed E-state index contributed by atoms with van der Waals surface area (Å²) in [6.45, 7) is 4.30. The molecule has 2 heteroatoms. The van der Waals surface area contributed by atoms with E-state index in [1.54, 1.807) is 0 Å². The highest BCUT2D eigenvalue weighted by Gasteiger charge is 2.27. The molecule has 0 aromatic heterocycles. The van der Waals surface area contributed by atoms with Crippen LogP contribution in [0.2, 0.25) is 0 Å². The van der Waals surface area contributed by atoms with E-state index >= 15 is 0 Å². The minimum absolute atomic E-state index is 0.0644. The molecule has 0 amide bonds. The van der Waals surface area contributed by atoms with E-state index in [2.05, 4.69) is 25.1 Å². The Morgan fingerprint density at radius 1 is 1.17 bits per heavy atom. The number of aliphatic hydroxyl groups is 1. The van der Waals surface area contributed by atoms with Gasteiger partial charge >= 0.3 is 0 Å². The summed E-state index contributed by atoms with van der Waals surface area (Å²) in [5.41, 5.74) is 10.3. The predicted octanol–water partition coefficient (Wildman–Crippen LogP) is 5.11. The zero-order valence-corrected chi connectivity index (χ0v) is 15.8. The number of hydrogen-bond acceptors (Lipinski definition) is 2. The van der Waals surface area contributed by atoms with E-state index in [1.807, 2.05) is 6.92 Å². The minimum atomic E-state index is -0.462. The number of hydrogen-bond donors (Lipinski definition) is 2. The number of rotatable bonds is 10. The average Bonchev–Trinajstić information content (AvgIpc) is 2.58. The lowest BCUT2D eigenvalue weighted by Crippen LogP contribution is -2.42. The molecule has 0 spiro atoms. The number of benzene rings is 1. The Morgan fingerprint density at radius 2 is 1.92 bits per heavy atom. The average molecular weight is 332 g/mol. The molecule has 24 heavy (non-hydrogen) atoms. The first-order valence-corrected chi connectivity index (χ1v) is 10.1. The van der Waals surface area contributed by atoms with Gasteiger partial charge in [0.15, 0.2) is 0 Å². The monoisotopic (exact) mass is 331 g/mol. The Hall–Kier alpha value is -0.860. The van der Waals surface area contributed by atoms with Crippen LogP contribution in [0.1, 0.15) is 94.2 Å². The largest absolute Gasteiger partial charge is 0.394 e. The molecule has 0 heterocycles. The second-order valence-electron chi connectivity index (χ2n) is 8.16. The molecule has 0 bridgehead atoms. The van der Waals surface area contributed by atoms with Crippen molar-refractivity contribution in [2.45, 2.75) is 95.9 Å². The van der Waals surface area contributed by atoms with Gasteiger partial charge in [-0.2, -0.15) is 0 Å². The van der Waals surface area contributed by atoms with Crippen LogP contribution in [-0.4, -0.2) is 17.3 Å². The molecule has 2 atom stereocenters. The normalized spacial score (nSPS) is 19.8. The van der Waals surface area contributed by atoms with Gasteiger partial charge in [-0.3, -0.25) is 0 Å². The first-order valence-electron chi connectivity index (χ1n) is 10.1. The van der Waals surface area contributed by atoms with Crippen molar-refractivity contribution in [1.82, 2.24) is 0 Å². The minimum Gasteiger partial charge on any atom is -0.394 e. The second-order valence-corrected chi connectivity index (χ2v) is 8.16. The van der Waals surface area contributed by atoms with Crippen LogP contribution in [0.5, 0.6) is 0 Å². The van der Waals surface area contributed by atoms with Crippen LogP contribution in [0, 0.1) is 0 Å². The van der Waals surface area contributed by atoms with Crippen LogP contribution in [0.3, 0.4) is 0 Å². The Bertz CT molecular complexity index is 495. The molecule has 0 fully saturated rings. The highest BCUT2D eigenvalue weighted by Crippen LogP contribution is 2.37. The summed E-state index contributed by atoms with van der Waals surface area (Å²) < 4.78 is 0. The molecular weight excluding hydrogens is 294 g/mol. The van der Waals surface area contributed by atoms with Gasteiger partial charge in [0.2, 0.25) is 0 Å². The van der Waals surface area contributed by atoms with Crippen molar-refractivity contribution >= 4 is 0 Å². The van der Waals surface area contributed by atoms with Crippen molar-refractivity contribution in [1.29, 1.82) is 0 Å². The predicted molar refractivity (Wildman–Crippen MR) is 103 cm³/mol. The van der Waals surface area contributed by atoms with E-state index in [9.17, 15) is 5.11 Å². The van der Waals surface area contributed by atoms with Crippen molar-refractivity contribution in [3.63, 3.8) is 0 Å². The molecule has 0 saturated carbocycles. The fraction of sp³-hybridized carbons (Fsp3) is 0.727. The van der Waals surface area contributed by atoms with Gasteiger partial charge in [-0.15, -0.1) is 0 Å². The van der Waals surface area contributed by atoms with E-state index in [0.717, 1.165) is 6.42 Å². The van der Waals surface area contributed by atoms with Crippen LogP contribution < -0.4 is 5.73 Å². The number of aryl methyl sites for hydroxylation is 2. The summed E-state index contributed by atoms with van der Waals surface area (Å²) in [5.74, 6) is 0.513. The molecule has 0 saturated heterocycles. The third-order valence-electron chi connectivity index (χ3n) is 5.54. The number of fused-ring (bicyclic) bond motifs is 1. The number of aliphatic hydroxyl groups excluding tert-OH is 1. The van der Waals surface area contributed by atoms with Crippen LogP contribution in [0.4, 0.5) is 0 Å². The standard InChI is InChI=1S/C22H37NO/c1-3-4-5-6-7-8-10-18-13-14-21-19(15-18)11-9-12-20(21)16-22(2,23)17-24/h13-15,20,24H,3-12,16-17,23H2,1-2H3/t20-,22+/m1/s1. The lowest BCUT2D eigenvalue weighted by atomic mass is 9.76. The summed E-state index contributed by atoms with van der Waals surface area (Å²) in [6, 6.07) is 7.12. The maximum Gasteiger partial charge on any atom is 0.0608 e. The van der Waals surface area contributed by atoms with E-state index in [4.69, 9.17) is 5.73 Å². The van der Waals surface area contributed by atoms with Crippen LogP contribution in [-0.2, 0) is 12.8 Å². The summed E-state index contributed by atoms with van der Waals surface area (Å²) in [5, 5.41) is 9.47. The molecule has 1 aromatic carbocycles. The van der Waals surface area contributed by atoms with Crippen LogP contribution in [0.15, 0.2) is 18.2 Å². The molecule has 1 aliphatic rings. The highest BCUT2D eigenvalue weighted by atomic mass is 16.3. The first kappa shape index (κ1) is 19.5. The molecule has 0 radical (unpaired) electrons. The van der Waals surface area contributed by atoms with E-state index in [1.165, 1.54) is 80.9 Å². The van der Waals surface area contributed by atoms with Crippen molar-refractivity contribution < 1.29 is 5.11 Å². The Balaban J connectivity index is 1.90. The van der Waals surface area contributed by atoms with Gasteiger partial charge in [-0.1, -0.05) is 57.2 Å². The van der Waals surface area contributed by atoms with Crippen molar-refractivity contribution in [2.24, 2.45) is 5.73 Å². The second kappa shape index (κ2) is 9.58. The molecule has 2 nitrogen and oxygen atoms in total. The van der Waals surface area contributed by atoms with E-state index in [-0.39, 0.29) is 6.61 Å². The molecular formula is C22H37NO. The van der Waals surface area contributed by atoms with E-state index in [0.29, 0.717) is 5.92 Å². The molecule has 2 rings (SSSR count). The summed E-state index contributed by atoms with van der Waals surface area (Å²) >= 11 is 0. The maximum atomic E-state index is 9.47. The van der Waals surface area contributed by atoms with Crippen molar-refractivity contribution in [3.05, 3.63) is 34.9 Å². The lowest BCUT2D eigenvalue weighted by Gasteiger charge is -2.32. The lowest BCUT2D eigenvalue weighted by molar-refractivity contribution is 0.189. The summed E-state index contributed by atoms with van der Waals surface area (Å²) in [4.78, 5) is 0. The summed E-state index contributed by atoms with van der Waals surface area (Å²) in [6.07, 6.45) is 13.9. The summed E-state index contributed by atoms with van der Waals surface area (Å²) in [7, 11) is 0. The molecule has 3 N–H and O–H groups in total. The molecule has 136 valence electrons. The first-order chi connectivity index (χ1) is 11.6. The van der Waals surface area contributed by atoms with E-state index < -0.39 is 5.54 Å². The van der Waals surface area contributed by atoms with Crippen molar-refractivity contribution in [3.8, 4) is 0 Å². The van der Waals surface area contributed by atoms with Crippen LogP contribution >= 0.6 is 0 Å². The zero-order valence-electron chi connectivity index (χ0n) is 15.8. The third-order valence-corrected chi connectivity index (χ3v) is 5.54. The van der Waals surface area contributed by atoms with Crippen LogP contribution in [0.25, 0.3) is 0 Å². The Morgan fingerprint density at radius 3 is 2.67 bits per heavy atom. The highest BCUT2D eigenvalue weighted by molar-refractivity contribution is 5.37. The fourth-order valence-corrected chi connectivity index (χ4v) is 4.07. The van der Waals surface area contributed by atoms with Gasteiger partial charge < -0.3 is 10.8 Å². The fourth-order valence-electron chi connectivity index (χ4n) is 4.07. The number of unbranched alkanes of at least 4 members (excludes halogenated alkanes) is 5. The SMILES string of the molecule is CCCCCCCCc1ccc2c(c1)CCC[C@@H]2C[C@](C)(N)CO.